The molecule has 3 atom stereocenters. The minimum absolute atomic E-state index is 0.0144. The number of aromatic nitrogens is 2. The molecule has 1 aromatic heterocycles. The van der Waals surface area contributed by atoms with E-state index in [2.05, 4.69) is 5.10 Å². The van der Waals surface area contributed by atoms with Crippen molar-refractivity contribution < 1.29 is 14.7 Å². The first-order valence-electron chi connectivity index (χ1n) is 8.93. The third-order valence-corrected chi connectivity index (χ3v) is 5.91. The summed E-state index contributed by atoms with van der Waals surface area (Å²) in [6, 6.07) is -0.509. The molecule has 2 heterocycles. The quantitative estimate of drug-likeness (QED) is 0.917. The molecule has 0 unspecified atom stereocenters. The normalized spacial score (nSPS) is 26.5. The Balaban J connectivity index is 1.73. The predicted molar refractivity (Wildman–Crippen MR) is 89.6 cm³/mol. The Morgan fingerprint density at radius 2 is 1.96 bits per heavy atom. The van der Waals surface area contributed by atoms with Gasteiger partial charge >= 0.3 is 5.97 Å². The van der Waals surface area contributed by atoms with E-state index in [1.54, 1.807) is 4.90 Å². The van der Waals surface area contributed by atoms with E-state index < -0.39 is 12.0 Å². The first kappa shape index (κ1) is 17.0. The Labute approximate surface area is 142 Å². The molecule has 1 aliphatic carbocycles. The number of hydrogen-bond acceptors (Lipinski definition) is 3. The van der Waals surface area contributed by atoms with Crippen molar-refractivity contribution in [3.63, 3.8) is 0 Å². The van der Waals surface area contributed by atoms with Crippen molar-refractivity contribution in [1.82, 2.24) is 14.7 Å². The fourth-order valence-electron chi connectivity index (χ4n) is 4.58. The number of fused-ring (bicyclic) bond motifs is 1. The topological polar surface area (TPSA) is 75.4 Å². The predicted octanol–water partition coefficient (Wildman–Crippen LogP) is 2.21. The number of carbonyl (C=O) groups excluding carboxylic acids is 1. The van der Waals surface area contributed by atoms with Crippen LogP contribution in [0, 0.1) is 19.8 Å². The lowest BCUT2D eigenvalue weighted by Gasteiger charge is -2.33. The molecule has 1 saturated carbocycles. The molecule has 1 aromatic rings. The van der Waals surface area contributed by atoms with E-state index >= 15 is 0 Å². The van der Waals surface area contributed by atoms with Gasteiger partial charge in [-0.3, -0.25) is 9.48 Å². The number of amides is 1. The molecule has 0 bridgehead atoms. The van der Waals surface area contributed by atoms with Gasteiger partial charge in [0, 0.05) is 25.2 Å². The molecule has 6 heteroatoms. The van der Waals surface area contributed by atoms with Crippen molar-refractivity contribution in [3.05, 3.63) is 17.0 Å². The summed E-state index contributed by atoms with van der Waals surface area (Å²) in [5, 5.41) is 13.9. The highest BCUT2D eigenvalue weighted by atomic mass is 16.4. The smallest absolute Gasteiger partial charge is 0.326 e. The second kappa shape index (κ2) is 6.57. The summed E-state index contributed by atoms with van der Waals surface area (Å²) in [5.74, 6) is -0.503. The maximum Gasteiger partial charge on any atom is 0.326 e. The zero-order valence-corrected chi connectivity index (χ0v) is 14.8. The molecule has 2 aliphatic rings. The zero-order valence-electron chi connectivity index (χ0n) is 14.8. The second-order valence-corrected chi connectivity index (χ2v) is 7.28. The van der Waals surface area contributed by atoms with Crippen LogP contribution < -0.4 is 0 Å². The van der Waals surface area contributed by atoms with Crippen LogP contribution in [0.15, 0.2) is 0 Å². The van der Waals surface area contributed by atoms with Crippen LogP contribution in [-0.4, -0.2) is 43.7 Å². The molecule has 0 aromatic carbocycles. The fourth-order valence-corrected chi connectivity index (χ4v) is 4.58. The van der Waals surface area contributed by atoms with Gasteiger partial charge in [-0.25, -0.2) is 4.79 Å². The van der Waals surface area contributed by atoms with Crippen LogP contribution in [0.25, 0.3) is 0 Å². The molecule has 1 amide bonds. The van der Waals surface area contributed by atoms with Crippen LogP contribution in [0.5, 0.6) is 0 Å². The molecule has 1 aliphatic heterocycles. The van der Waals surface area contributed by atoms with E-state index in [-0.39, 0.29) is 11.9 Å². The van der Waals surface area contributed by atoms with Gasteiger partial charge in [0.2, 0.25) is 5.91 Å². The summed E-state index contributed by atoms with van der Waals surface area (Å²) in [7, 11) is 1.90. The summed E-state index contributed by atoms with van der Waals surface area (Å²) in [6.45, 7) is 3.97. The lowest BCUT2D eigenvalue weighted by molar-refractivity contribution is -0.149. The van der Waals surface area contributed by atoms with Crippen molar-refractivity contribution >= 4 is 11.9 Å². The van der Waals surface area contributed by atoms with E-state index in [1.807, 2.05) is 25.6 Å². The van der Waals surface area contributed by atoms with Crippen molar-refractivity contribution in [2.45, 2.75) is 70.9 Å². The lowest BCUT2D eigenvalue weighted by Crippen LogP contribution is -2.46. The molecule has 24 heavy (non-hydrogen) atoms. The molecule has 2 fully saturated rings. The minimum Gasteiger partial charge on any atom is -0.480 e. The number of hydrogen-bond donors (Lipinski definition) is 1. The number of nitrogens with zero attached hydrogens (tertiary/aromatic N) is 3. The SMILES string of the molecule is Cc1nn(C)c(C)c1CCC(=O)N1[C@H](C(=O)O)C[C@H]2CCCC[C@@H]21. The third-order valence-electron chi connectivity index (χ3n) is 5.91. The van der Waals surface area contributed by atoms with Crippen LogP contribution in [0.4, 0.5) is 0 Å². The summed E-state index contributed by atoms with van der Waals surface area (Å²) in [6.07, 6.45) is 5.87. The van der Waals surface area contributed by atoms with Crippen molar-refractivity contribution in [1.29, 1.82) is 0 Å². The van der Waals surface area contributed by atoms with Gasteiger partial charge in [-0.2, -0.15) is 5.10 Å². The standard InChI is InChI=1S/C18H27N3O3/c1-11-14(12(2)20(3)19-11)8-9-17(22)21-15-7-5-4-6-13(15)10-16(21)18(23)24/h13,15-16H,4-10H2,1-3H3,(H,23,24)/t13-,15+,16+/m1/s1. The van der Waals surface area contributed by atoms with Gasteiger partial charge in [0.25, 0.3) is 0 Å². The van der Waals surface area contributed by atoms with Crippen LogP contribution in [0.3, 0.4) is 0 Å². The van der Waals surface area contributed by atoms with Crippen LogP contribution in [0.2, 0.25) is 0 Å². The van der Waals surface area contributed by atoms with Gasteiger partial charge in [-0.05, 0) is 51.0 Å². The highest BCUT2D eigenvalue weighted by Crippen LogP contribution is 2.40. The van der Waals surface area contributed by atoms with Gasteiger partial charge in [0.1, 0.15) is 6.04 Å². The summed E-state index contributed by atoms with van der Waals surface area (Å²) in [5.41, 5.74) is 3.14. The molecule has 1 saturated heterocycles. The largest absolute Gasteiger partial charge is 0.480 e. The molecule has 6 nitrogen and oxygen atoms in total. The molecule has 0 radical (unpaired) electrons. The molecule has 3 rings (SSSR count). The number of carboxylic acids is 1. The van der Waals surface area contributed by atoms with Crippen molar-refractivity contribution in [2.75, 3.05) is 0 Å². The number of rotatable bonds is 4. The molecule has 0 spiro atoms. The number of carboxylic acid groups (broad SMARTS) is 1. The Bertz CT molecular complexity index is 652. The van der Waals surface area contributed by atoms with E-state index in [4.69, 9.17) is 0 Å². The maximum absolute atomic E-state index is 12.9. The highest BCUT2D eigenvalue weighted by Gasteiger charge is 2.47. The second-order valence-electron chi connectivity index (χ2n) is 7.28. The number of aliphatic carboxylic acids is 1. The monoisotopic (exact) mass is 333 g/mol. The number of aryl methyl sites for hydroxylation is 2. The number of likely N-dealkylation sites (tertiary alicyclic amines) is 1. The molecular formula is C18H27N3O3. The molecular weight excluding hydrogens is 306 g/mol. The summed E-state index contributed by atoms with van der Waals surface area (Å²) < 4.78 is 1.84. The Hall–Kier alpha value is -1.85. The van der Waals surface area contributed by atoms with Gasteiger partial charge in [0.05, 0.1) is 5.69 Å². The van der Waals surface area contributed by atoms with E-state index in [0.29, 0.717) is 25.2 Å². The van der Waals surface area contributed by atoms with E-state index in [9.17, 15) is 14.7 Å². The number of carbonyl (C=O) groups is 2. The van der Waals surface area contributed by atoms with Gasteiger partial charge in [-0.1, -0.05) is 12.8 Å². The van der Waals surface area contributed by atoms with E-state index in [1.165, 1.54) is 0 Å². The fraction of sp³-hybridized carbons (Fsp3) is 0.722. The average molecular weight is 333 g/mol. The van der Waals surface area contributed by atoms with Crippen LogP contribution >= 0.6 is 0 Å². The van der Waals surface area contributed by atoms with Crippen LogP contribution in [0.1, 0.15) is 55.5 Å². The Morgan fingerprint density at radius 3 is 2.58 bits per heavy atom. The van der Waals surface area contributed by atoms with Crippen molar-refractivity contribution in [3.8, 4) is 0 Å². The average Bonchev–Trinajstić information content (AvgIpc) is 3.04. The van der Waals surface area contributed by atoms with E-state index in [0.717, 1.165) is 42.6 Å². The van der Waals surface area contributed by atoms with Crippen LogP contribution in [-0.2, 0) is 23.1 Å². The van der Waals surface area contributed by atoms with Gasteiger partial charge < -0.3 is 10.0 Å². The summed E-state index contributed by atoms with van der Waals surface area (Å²) >= 11 is 0. The third kappa shape index (κ3) is 2.94. The zero-order chi connectivity index (χ0) is 17.4. The minimum atomic E-state index is -0.855. The molecule has 132 valence electrons. The highest BCUT2D eigenvalue weighted by molar-refractivity contribution is 5.85. The van der Waals surface area contributed by atoms with Crippen molar-refractivity contribution in [2.24, 2.45) is 13.0 Å². The maximum atomic E-state index is 12.9. The molecule has 1 N–H and O–H groups in total. The first-order chi connectivity index (χ1) is 11.4. The first-order valence-corrected chi connectivity index (χ1v) is 8.93. The van der Waals surface area contributed by atoms with Gasteiger partial charge in [-0.15, -0.1) is 0 Å². The summed E-state index contributed by atoms with van der Waals surface area (Å²) in [4.78, 5) is 26.2. The Morgan fingerprint density at radius 1 is 1.25 bits per heavy atom. The van der Waals surface area contributed by atoms with Gasteiger partial charge in [0.15, 0.2) is 0 Å². The Kier molecular flexibility index (Phi) is 4.65. The lowest BCUT2D eigenvalue weighted by atomic mass is 9.84.